The molecule has 0 bridgehead atoms. The third-order valence-corrected chi connectivity index (χ3v) is 2.06. The minimum atomic E-state index is -4.56. The minimum absolute atomic E-state index is 0.0310. The Bertz CT molecular complexity index is 369. The van der Waals surface area contributed by atoms with E-state index < -0.39 is 43.5 Å². The van der Waals surface area contributed by atoms with Crippen molar-refractivity contribution in [3.05, 3.63) is 0 Å². The Hall–Kier alpha value is -1.80. The van der Waals surface area contributed by atoms with Crippen molar-refractivity contribution in [2.24, 2.45) is 5.92 Å². The summed E-state index contributed by atoms with van der Waals surface area (Å²) in [6.07, 6.45) is -5.37. The zero-order valence-electron chi connectivity index (χ0n) is 11.2. The number of aliphatic carboxylic acids is 1. The van der Waals surface area contributed by atoms with Crippen LogP contribution in [0.2, 0.25) is 0 Å². The second kappa shape index (κ2) is 7.71. The molecule has 0 fully saturated rings. The van der Waals surface area contributed by atoms with E-state index in [1.165, 1.54) is 0 Å². The van der Waals surface area contributed by atoms with E-state index in [0.29, 0.717) is 0 Å². The average Bonchev–Trinajstić information content (AvgIpc) is 2.23. The lowest BCUT2D eigenvalue weighted by Crippen LogP contribution is -2.42. The Labute approximate surface area is 113 Å². The smallest absolute Gasteiger partial charge is 0.405 e. The maximum atomic E-state index is 11.9. The first-order valence-corrected chi connectivity index (χ1v) is 5.84. The van der Waals surface area contributed by atoms with Crippen LogP contribution in [0.25, 0.3) is 0 Å². The summed E-state index contributed by atoms with van der Waals surface area (Å²) in [7, 11) is 0. The van der Waals surface area contributed by atoms with Crippen molar-refractivity contribution in [3.8, 4) is 0 Å². The third kappa shape index (κ3) is 9.17. The molecule has 0 aromatic rings. The molecule has 2 N–H and O–H groups in total. The monoisotopic (exact) mass is 298 g/mol. The van der Waals surface area contributed by atoms with Gasteiger partial charge in [-0.15, -0.1) is 0 Å². The summed E-state index contributed by atoms with van der Waals surface area (Å²) in [4.78, 5) is 34.4. The number of carboxylic acids is 1. The number of carboxylic acid groups (broad SMARTS) is 1. The lowest BCUT2D eigenvalue weighted by molar-refractivity contribution is -0.148. The molecule has 0 unspecified atom stereocenters. The zero-order chi connectivity index (χ0) is 15.9. The molecule has 0 spiro atoms. The number of hydrogen-bond acceptors (Lipinski definition) is 3. The molecular weight excluding hydrogens is 281 g/mol. The maximum absolute atomic E-state index is 11.9. The lowest BCUT2D eigenvalue weighted by Gasteiger charge is -2.22. The van der Waals surface area contributed by atoms with Gasteiger partial charge in [-0.25, -0.2) is 0 Å². The highest BCUT2D eigenvalue weighted by Gasteiger charge is 2.28. The van der Waals surface area contributed by atoms with Crippen molar-refractivity contribution in [1.29, 1.82) is 0 Å². The summed E-state index contributed by atoms with van der Waals surface area (Å²) in [6.45, 7) is 1.47. The summed E-state index contributed by atoms with van der Waals surface area (Å²) < 4.78 is 35.6. The molecule has 0 radical (unpaired) electrons. The minimum Gasteiger partial charge on any atom is -0.480 e. The molecule has 0 aliphatic rings. The molecule has 0 aromatic carbocycles. The zero-order valence-corrected chi connectivity index (χ0v) is 11.2. The fourth-order valence-electron chi connectivity index (χ4n) is 1.37. The van der Waals surface area contributed by atoms with Crippen LogP contribution in [0.5, 0.6) is 0 Å². The van der Waals surface area contributed by atoms with Crippen molar-refractivity contribution < 1.29 is 32.7 Å². The van der Waals surface area contributed by atoms with Crippen LogP contribution in [0, 0.1) is 5.92 Å². The summed E-state index contributed by atoms with van der Waals surface area (Å²) in [5.74, 6) is -3.20. The Balaban J connectivity index is 4.44. The molecule has 0 aliphatic heterocycles. The van der Waals surface area contributed by atoms with E-state index >= 15 is 0 Å². The standard InChI is InChI=1S/C11H17F3N2O4/c1-7(2)4-16(5-10(19)20)9(18)3-8(17)15-6-11(12,13)14/h7H,3-6H2,1-2H3,(H,15,17)(H,19,20). The molecular formula is C11H17F3N2O4. The van der Waals surface area contributed by atoms with Gasteiger partial charge in [-0.3, -0.25) is 14.4 Å². The van der Waals surface area contributed by atoms with Gasteiger partial charge < -0.3 is 15.3 Å². The molecule has 116 valence electrons. The number of nitrogens with zero attached hydrogens (tertiary/aromatic N) is 1. The number of nitrogens with one attached hydrogen (secondary N) is 1. The number of hydrogen-bond donors (Lipinski definition) is 2. The topological polar surface area (TPSA) is 86.7 Å². The van der Waals surface area contributed by atoms with E-state index in [9.17, 15) is 27.6 Å². The number of carbonyl (C=O) groups excluding carboxylic acids is 2. The van der Waals surface area contributed by atoms with E-state index in [2.05, 4.69) is 0 Å². The molecule has 9 heteroatoms. The van der Waals surface area contributed by atoms with Crippen LogP contribution in [0.4, 0.5) is 13.2 Å². The molecule has 2 amide bonds. The van der Waals surface area contributed by atoms with E-state index in [1.807, 2.05) is 0 Å². The van der Waals surface area contributed by atoms with Crippen LogP contribution in [0.3, 0.4) is 0 Å². The third-order valence-electron chi connectivity index (χ3n) is 2.06. The van der Waals surface area contributed by atoms with Gasteiger partial charge in [0.15, 0.2) is 0 Å². The first-order chi connectivity index (χ1) is 9.01. The summed E-state index contributed by atoms with van der Waals surface area (Å²) >= 11 is 0. The van der Waals surface area contributed by atoms with E-state index in [1.54, 1.807) is 19.2 Å². The van der Waals surface area contributed by atoms with Crippen LogP contribution < -0.4 is 5.32 Å². The fourth-order valence-corrected chi connectivity index (χ4v) is 1.37. The van der Waals surface area contributed by atoms with Gasteiger partial charge in [0.1, 0.15) is 19.5 Å². The summed E-state index contributed by atoms with van der Waals surface area (Å²) in [6, 6.07) is 0. The van der Waals surface area contributed by atoms with Crippen LogP contribution in [0.1, 0.15) is 20.3 Å². The van der Waals surface area contributed by atoms with Gasteiger partial charge in [0.25, 0.3) is 0 Å². The Morgan fingerprint density at radius 2 is 1.80 bits per heavy atom. The maximum Gasteiger partial charge on any atom is 0.405 e. The van der Waals surface area contributed by atoms with Crippen molar-refractivity contribution >= 4 is 17.8 Å². The van der Waals surface area contributed by atoms with Crippen molar-refractivity contribution in [2.45, 2.75) is 26.4 Å². The van der Waals surface area contributed by atoms with Crippen LogP contribution in [0.15, 0.2) is 0 Å². The predicted octanol–water partition coefficient (Wildman–Crippen LogP) is 0.624. The van der Waals surface area contributed by atoms with Gasteiger partial charge >= 0.3 is 12.1 Å². The average molecular weight is 298 g/mol. The molecule has 6 nitrogen and oxygen atoms in total. The Morgan fingerprint density at radius 1 is 1.25 bits per heavy atom. The van der Waals surface area contributed by atoms with Gasteiger partial charge in [-0.05, 0) is 5.92 Å². The van der Waals surface area contributed by atoms with Crippen molar-refractivity contribution in [3.63, 3.8) is 0 Å². The summed E-state index contributed by atoms with van der Waals surface area (Å²) in [5, 5.41) is 10.2. The predicted molar refractivity (Wildman–Crippen MR) is 62.7 cm³/mol. The van der Waals surface area contributed by atoms with Gasteiger partial charge in [0.05, 0.1) is 0 Å². The molecule has 20 heavy (non-hydrogen) atoms. The number of carbonyl (C=O) groups is 3. The normalized spacial score (nSPS) is 11.3. The lowest BCUT2D eigenvalue weighted by atomic mass is 10.2. The fraction of sp³-hybridized carbons (Fsp3) is 0.727. The SMILES string of the molecule is CC(C)CN(CC(=O)O)C(=O)CC(=O)NCC(F)(F)F. The van der Waals surface area contributed by atoms with Gasteiger partial charge in [-0.1, -0.05) is 13.8 Å². The van der Waals surface area contributed by atoms with E-state index in [0.717, 1.165) is 4.90 Å². The first kappa shape index (κ1) is 18.2. The highest BCUT2D eigenvalue weighted by atomic mass is 19.4. The number of halogens is 3. The van der Waals surface area contributed by atoms with Gasteiger partial charge in [0.2, 0.25) is 11.8 Å². The highest BCUT2D eigenvalue weighted by Crippen LogP contribution is 2.12. The van der Waals surface area contributed by atoms with E-state index in [-0.39, 0.29) is 12.5 Å². The second-order valence-corrected chi connectivity index (χ2v) is 4.63. The molecule has 0 heterocycles. The van der Waals surface area contributed by atoms with Gasteiger partial charge in [0, 0.05) is 6.54 Å². The van der Waals surface area contributed by atoms with Crippen LogP contribution in [-0.2, 0) is 14.4 Å². The van der Waals surface area contributed by atoms with Gasteiger partial charge in [-0.2, -0.15) is 13.2 Å². The molecule has 0 rings (SSSR count). The molecule has 0 aliphatic carbocycles. The number of rotatable bonds is 7. The summed E-state index contributed by atoms with van der Waals surface area (Å²) in [5.41, 5.74) is 0. The Kier molecular flexibility index (Phi) is 7.01. The highest BCUT2D eigenvalue weighted by molar-refractivity contribution is 5.97. The second-order valence-electron chi connectivity index (χ2n) is 4.63. The largest absolute Gasteiger partial charge is 0.480 e. The first-order valence-electron chi connectivity index (χ1n) is 5.84. The van der Waals surface area contributed by atoms with Crippen LogP contribution in [-0.4, -0.2) is 53.6 Å². The Morgan fingerprint density at radius 3 is 2.20 bits per heavy atom. The molecule has 0 saturated heterocycles. The number of alkyl halides is 3. The van der Waals surface area contributed by atoms with E-state index in [4.69, 9.17) is 5.11 Å². The molecule has 0 saturated carbocycles. The molecule has 0 atom stereocenters. The van der Waals surface area contributed by atoms with Crippen molar-refractivity contribution in [1.82, 2.24) is 10.2 Å². The van der Waals surface area contributed by atoms with Crippen molar-refractivity contribution in [2.75, 3.05) is 19.6 Å². The number of amides is 2. The molecule has 0 aromatic heterocycles. The van der Waals surface area contributed by atoms with Crippen LogP contribution >= 0.6 is 0 Å². The quantitative estimate of drug-likeness (QED) is 0.675.